The highest BCUT2D eigenvalue weighted by Crippen LogP contribution is 2.58. The molecule has 11 nitrogen and oxygen atoms in total. The number of nitro benzene ring substituents is 1. The van der Waals surface area contributed by atoms with Gasteiger partial charge in [0.15, 0.2) is 11.6 Å². The number of carbonyl (C=O) groups excluding carboxylic acids is 4. The van der Waals surface area contributed by atoms with Gasteiger partial charge in [-0.15, -0.1) is 0 Å². The van der Waals surface area contributed by atoms with Crippen LogP contribution in [0.5, 0.6) is 17.2 Å². The normalized spacial score (nSPS) is 25.0. The number of hydrogen-bond acceptors (Lipinski definition) is 9. The number of nitro groups is 1. The lowest BCUT2D eigenvalue weighted by atomic mass is 9.59. The Morgan fingerprint density at radius 2 is 1.71 bits per heavy atom. The van der Waals surface area contributed by atoms with E-state index >= 15 is 0 Å². The first-order valence-corrected chi connectivity index (χ1v) is 13.8. The van der Waals surface area contributed by atoms with Gasteiger partial charge in [-0.1, -0.05) is 17.7 Å². The van der Waals surface area contributed by atoms with E-state index in [1.165, 1.54) is 56.7 Å². The summed E-state index contributed by atoms with van der Waals surface area (Å²) in [6, 6.07) is 8.09. The number of nitrogens with zero attached hydrogens (tertiary/aromatic N) is 2. The molecular weight excluding hydrogens is 612 g/mol. The molecule has 1 saturated heterocycles. The topological polar surface area (TPSA) is 153 Å². The Morgan fingerprint density at radius 3 is 2.36 bits per heavy atom. The van der Waals surface area contributed by atoms with Gasteiger partial charge in [0.2, 0.25) is 11.8 Å². The number of benzene rings is 2. The summed E-state index contributed by atoms with van der Waals surface area (Å²) in [6.45, 7) is 0. The van der Waals surface area contributed by atoms with Crippen LogP contribution >= 0.6 is 15.9 Å². The first-order chi connectivity index (χ1) is 20.1. The first-order valence-electron chi connectivity index (χ1n) is 13.0. The number of methoxy groups -OCH3 is 2. The predicted molar refractivity (Wildman–Crippen MR) is 151 cm³/mol. The summed E-state index contributed by atoms with van der Waals surface area (Å²) < 4.78 is 11.3. The van der Waals surface area contributed by atoms with E-state index in [2.05, 4.69) is 15.9 Å². The summed E-state index contributed by atoms with van der Waals surface area (Å²) in [7, 11) is 2.80. The van der Waals surface area contributed by atoms with Crippen molar-refractivity contribution in [1.29, 1.82) is 0 Å². The van der Waals surface area contributed by atoms with Crippen LogP contribution in [0.15, 0.2) is 69.8 Å². The highest BCUT2D eigenvalue weighted by Gasteiger charge is 2.57. The van der Waals surface area contributed by atoms with Gasteiger partial charge in [-0.3, -0.25) is 29.3 Å². The molecule has 3 aliphatic carbocycles. The lowest BCUT2D eigenvalue weighted by molar-refractivity contribution is -0.384. The second-order valence-corrected chi connectivity index (χ2v) is 11.3. The van der Waals surface area contributed by atoms with Gasteiger partial charge in [0.1, 0.15) is 17.2 Å². The van der Waals surface area contributed by atoms with Crippen LogP contribution in [0.2, 0.25) is 0 Å². The maximum absolute atomic E-state index is 14.0. The Balaban J connectivity index is 1.53. The molecule has 42 heavy (non-hydrogen) atoms. The smallest absolute Gasteiger partial charge is 0.271 e. The van der Waals surface area contributed by atoms with Crippen molar-refractivity contribution in [2.75, 3.05) is 19.1 Å². The zero-order valence-corrected chi connectivity index (χ0v) is 23.9. The van der Waals surface area contributed by atoms with Crippen molar-refractivity contribution < 1.29 is 38.7 Å². The number of aromatic hydroxyl groups is 1. The standard InChI is InChI=1S/C30H23BrN2O9/c1-41-22-9-15(34)10-23(42-2)27(22)26-16-6-7-17-24(18(16)11-19-25(26)21(35)12-20(31)28(19)36)30(38)32(29(17)37)13-4-3-5-14(8-13)33(39)40/h3-6,8-10,12,17-18,24,26,34H,7,11H2,1-2H3/t17-,18+,24-,26-/m0/s1. The number of phenolic OH excluding ortho intramolecular Hbond substituents is 1. The molecule has 1 aliphatic heterocycles. The molecule has 0 unspecified atom stereocenters. The van der Waals surface area contributed by atoms with E-state index in [9.17, 15) is 34.4 Å². The maximum Gasteiger partial charge on any atom is 0.271 e. The van der Waals surface area contributed by atoms with E-state index in [-0.39, 0.29) is 57.1 Å². The van der Waals surface area contributed by atoms with Crippen LogP contribution in [0.25, 0.3) is 0 Å². The molecule has 0 radical (unpaired) electrons. The molecule has 4 aliphatic rings. The summed E-state index contributed by atoms with van der Waals surface area (Å²) in [4.78, 5) is 66.4. The average Bonchev–Trinajstić information content (AvgIpc) is 3.23. The van der Waals surface area contributed by atoms with Crippen molar-refractivity contribution >= 4 is 50.7 Å². The number of allylic oxidation sites excluding steroid dienone is 6. The summed E-state index contributed by atoms with van der Waals surface area (Å²) >= 11 is 3.20. The van der Waals surface area contributed by atoms with E-state index in [0.29, 0.717) is 11.1 Å². The summed E-state index contributed by atoms with van der Waals surface area (Å²) in [5, 5.41) is 21.7. The molecule has 4 atom stereocenters. The highest BCUT2D eigenvalue weighted by molar-refractivity contribution is 9.12. The number of phenols is 1. The number of anilines is 1. The minimum absolute atomic E-state index is 0.0386. The van der Waals surface area contributed by atoms with E-state index in [0.717, 1.165) is 4.90 Å². The van der Waals surface area contributed by atoms with Crippen LogP contribution < -0.4 is 14.4 Å². The number of ketones is 2. The molecule has 1 N–H and O–H groups in total. The van der Waals surface area contributed by atoms with Gasteiger partial charge in [-0.05, 0) is 40.8 Å². The molecule has 0 bridgehead atoms. The fourth-order valence-electron chi connectivity index (χ4n) is 6.75. The van der Waals surface area contributed by atoms with Gasteiger partial charge < -0.3 is 14.6 Å². The van der Waals surface area contributed by atoms with Crippen molar-refractivity contribution in [3.05, 3.63) is 85.4 Å². The van der Waals surface area contributed by atoms with Gasteiger partial charge in [0.25, 0.3) is 5.69 Å². The number of halogens is 1. The number of amides is 2. The minimum atomic E-state index is -0.880. The average molecular weight is 635 g/mol. The SMILES string of the molecule is COc1cc(O)cc(OC)c1[C@H]1C2=CC[C@@H]3C(=O)N(c4cccc([N+](=O)[O-])c4)C(=O)[C@@H]3[C@@H]2CC2=C1C(=O)C=C(Br)C2=O. The molecule has 2 aromatic rings. The Bertz CT molecular complexity index is 1700. The molecule has 1 heterocycles. The lowest BCUT2D eigenvalue weighted by Gasteiger charge is -2.42. The third kappa shape index (κ3) is 4.00. The molecule has 2 aromatic carbocycles. The molecule has 12 heteroatoms. The number of ether oxygens (including phenoxy) is 2. The maximum atomic E-state index is 14.0. The Hall–Kier alpha value is -4.58. The Morgan fingerprint density at radius 1 is 1.02 bits per heavy atom. The highest BCUT2D eigenvalue weighted by atomic mass is 79.9. The van der Waals surface area contributed by atoms with Crippen molar-refractivity contribution in [3.8, 4) is 17.2 Å². The third-order valence-corrected chi connectivity index (χ3v) is 9.04. The fourth-order valence-corrected chi connectivity index (χ4v) is 7.19. The number of imide groups is 1. The minimum Gasteiger partial charge on any atom is -0.508 e. The van der Waals surface area contributed by atoms with Gasteiger partial charge >= 0.3 is 0 Å². The Kier molecular flexibility index (Phi) is 6.60. The van der Waals surface area contributed by atoms with E-state index in [1.807, 2.05) is 6.08 Å². The van der Waals surface area contributed by atoms with Crippen LogP contribution in [-0.2, 0) is 19.2 Å². The number of non-ortho nitro benzene ring substituents is 1. The van der Waals surface area contributed by atoms with Crippen molar-refractivity contribution in [3.63, 3.8) is 0 Å². The number of carbonyl (C=O) groups is 4. The fraction of sp³-hybridized carbons (Fsp3) is 0.267. The van der Waals surface area contributed by atoms with E-state index < -0.39 is 52.0 Å². The van der Waals surface area contributed by atoms with Crippen molar-refractivity contribution in [1.82, 2.24) is 0 Å². The second-order valence-electron chi connectivity index (χ2n) is 10.4. The van der Waals surface area contributed by atoms with Crippen LogP contribution in [0.4, 0.5) is 11.4 Å². The van der Waals surface area contributed by atoms with Crippen molar-refractivity contribution in [2.24, 2.45) is 17.8 Å². The summed E-state index contributed by atoms with van der Waals surface area (Å²) in [5.41, 5.74) is 1.33. The molecule has 6 rings (SSSR count). The van der Waals surface area contributed by atoms with E-state index in [1.54, 1.807) is 0 Å². The molecule has 1 fully saturated rings. The van der Waals surface area contributed by atoms with Gasteiger partial charge in [0.05, 0.1) is 41.1 Å². The molecule has 214 valence electrons. The van der Waals surface area contributed by atoms with E-state index in [4.69, 9.17) is 9.47 Å². The zero-order valence-electron chi connectivity index (χ0n) is 22.3. The quantitative estimate of drug-likeness (QED) is 0.167. The number of fused-ring (bicyclic) bond motifs is 3. The predicted octanol–water partition coefficient (Wildman–Crippen LogP) is 4.28. The van der Waals surface area contributed by atoms with Crippen LogP contribution in [0, 0.1) is 27.9 Å². The van der Waals surface area contributed by atoms with Crippen LogP contribution in [-0.4, -0.2) is 47.6 Å². The monoisotopic (exact) mass is 634 g/mol. The molecule has 0 spiro atoms. The number of rotatable bonds is 5. The Labute approximate surface area is 247 Å². The zero-order chi connectivity index (χ0) is 30.0. The summed E-state index contributed by atoms with van der Waals surface area (Å²) in [5.74, 6) is -4.67. The molecule has 0 saturated carbocycles. The molecule has 0 aromatic heterocycles. The van der Waals surface area contributed by atoms with Gasteiger partial charge in [0, 0.05) is 53.0 Å². The lowest BCUT2D eigenvalue weighted by Crippen LogP contribution is -2.39. The second kappa shape index (κ2) is 10.1. The number of Topliss-reactive ketones (excluding diaryl/α,β-unsaturated/α-hetero) is 1. The first kappa shape index (κ1) is 27.6. The molecule has 2 amide bonds. The van der Waals surface area contributed by atoms with Crippen LogP contribution in [0.1, 0.15) is 24.3 Å². The molecular formula is C30H23BrN2O9. The van der Waals surface area contributed by atoms with Gasteiger partial charge in [-0.25, -0.2) is 4.90 Å². The van der Waals surface area contributed by atoms with Crippen LogP contribution in [0.3, 0.4) is 0 Å². The largest absolute Gasteiger partial charge is 0.508 e. The summed E-state index contributed by atoms with van der Waals surface area (Å²) in [6.07, 6.45) is 3.26. The third-order valence-electron chi connectivity index (χ3n) is 8.45. The number of hydrogen-bond donors (Lipinski definition) is 1. The van der Waals surface area contributed by atoms with Gasteiger partial charge in [-0.2, -0.15) is 0 Å². The van der Waals surface area contributed by atoms with Crippen molar-refractivity contribution in [2.45, 2.75) is 18.8 Å².